The van der Waals surface area contributed by atoms with Crippen LogP contribution in [0.1, 0.15) is 24.8 Å². The first-order chi connectivity index (χ1) is 6.34. The molecule has 0 radical (unpaired) electrons. The van der Waals surface area contributed by atoms with Gasteiger partial charge in [0, 0.05) is 6.42 Å². The fourth-order valence-corrected chi connectivity index (χ4v) is 1.22. The van der Waals surface area contributed by atoms with Gasteiger partial charge in [0.2, 0.25) is 0 Å². The van der Waals surface area contributed by atoms with Gasteiger partial charge in [-0.05, 0) is 24.0 Å². The molecule has 68 valence electrons. The standard InChI is InChI=1S/C12H14O/c1-11(7-5-6-10-13)12-8-3-2-4-9-12/h2-4,8-10H,1,5-7H2. The molecule has 0 aliphatic heterocycles. The summed E-state index contributed by atoms with van der Waals surface area (Å²) in [6.07, 6.45) is 3.39. The van der Waals surface area contributed by atoms with Crippen molar-refractivity contribution in [2.24, 2.45) is 0 Å². The van der Waals surface area contributed by atoms with E-state index in [1.54, 1.807) is 0 Å². The summed E-state index contributed by atoms with van der Waals surface area (Å²) in [5, 5.41) is 0. The van der Waals surface area contributed by atoms with Crippen LogP contribution in [-0.2, 0) is 4.79 Å². The van der Waals surface area contributed by atoms with Crippen LogP contribution in [0.15, 0.2) is 36.9 Å². The molecule has 0 saturated carbocycles. The van der Waals surface area contributed by atoms with Crippen LogP contribution in [0.4, 0.5) is 0 Å². The smallest absolute Gasteiger partial charge is 0.120 e. The molecule has 0 saturated heterocycles. The number of rotatable bonds is 5. The van der Waals surface area contributed by atoms with Crippen LogP contribution >= 0.6 is 0 Å². The topological polar surface area (TPSA) is 17.1 Å². The van der Waals surface area contributed by atoms with Gasteiger partial charge in [0.05, 0.1) is 0 Å². The second-order valence-corrected chi connectivity index (χ2v) is 3.03. The third-order valence-corrected chi connectivity index (χ3v) is 1.98. The Balaban J connectivity index is 2.45. The fourth-order valence-electron chi connectivity index (χ4n) is 1.22. The number of carbonyl (C=O) groups is 1. The van der Waals surface area contributed by atoms with Gasteiger partial charge in [-0.3, -0.25) is 0 Å². The average molecular weight is 174 g/mol. The van der Waals surface area contributed by atoms with Crippen molar-refractivity contribution < 1.29 is 4.79 Å². The summed E-state index contributed by atoms with van der Waals surface area (Å²) in [4.78, 5) is 10.1. The number of unbranched alkanes of at least 4 members (excludes halogenated alkanes) is 1. The highest BCUT2D eigenvalue weighted by Crippen LogP contribution is 2.17. The van der Waals surface area contributed by atoms with Crippen molar-refractivity contribution in [3.8, 4) is 0 Å². The van der Waals surface area contributed by atoms with Gasteiger partial charge in [0.15, 0.2) is 0 Å². The maximum absolute atomic E-state index is 10.1. The molecule has 1 rings (SSSR count). The molecule has 0 aliphatic carbocycles. The number of allylic oxidation sites excluding steroid dienone is 1. The number of aldehydes is 1. The van der Waals surface area contributed by atoms with Gasteiger partial charge >= 0.3 is 0 Å². The highest BCUT2D eigenvalue weighted by atomic mass is 16.1. The molecule has 1 aromatic carbocycles. The Morgan fingerprint density at radius 3 is 2.62 bits per heavy atom. The van der Waals surface area contributed by atoms with E-state index in [1.807, 2.05) is 30.3 Å². The summed E-state index contributed by atoms with van der Waals surface area (Å²) in [5.41, 5.74) is 2.29. The van der Waals surface area contributed by atoms with Crippen molar-refractivity contribution >= 4 is 11.9 Å². The van der Waals surface area contributed by atoms with E-state index in [2.05, 4.69) is 6.58 Å². The minimum Gasteiger partial charge on any atom is -0.303 e. The number of hydrogen-bond donors (Lipinski definition) is 0. The van der Waals surface area contributed by atoms with Crippen molar-refractivity contribution in [2.75, 3.05) is 0 Å². The Hall–Kier alpha value is -1.37. The Morgan fingerprint density at radius 1 is 1.31 bits per heavy atom. The highest BCUT2D eigenvalue weighted by molar-refractivity contribution is 5.63. The van der Waals surface area contributed by atoms with E-state index in [9.17, 15) is 4.79 Å². The summed E-state index contributed by atoms with van der Waals surface area (Å²) in [6.45, 7) is 3.98. The summed E-state index contributed by atoms with van der Waals surface area (Å²) >= 11 is 0. The molecule has 1 nitrogen and oxygen atoms in total. The van der Waals surface area contributed by atoms with Gasteiger partial charge < -0.3 is 4.79 Å². The van der Waals surface area contributed by atoms with Gasteiger partial charge in [0.1, 0.15) is 6.29 Å². The zero-order valence-electron chi connectivity index (χ0n) is 7.70. The molecule has 0 aliphatic rings. The summed E-state index contributed by atoms with van der Waals surface area (Å²) < 4.78 is 0. The minimum atomic E-state index is 0.631. The third kappa shape index (κ3) is 3.24. The molecule has 0 aromatic heterocycles. The first-order valence-electron chi connectivity index (χ1n) is 4.51. The number of carbonyl (C=O) groups excluding carboxylic acids is 1. The van der Waals surface area contributed by atoms with Crippen molar-refractivity contribution in [3.05, 3.63) is 42.5 Å². The summed E-state index contributed by atoms with van der Waals surface area (Å²) in [6, 6.07) is 10.1. The molecule has 0 N–H and O–H groups in total. The van der Waals surface area contributed by atoms with Gasteiger partial charge in [0.25, 0.3) is 0 Å². The van der Waals surface area contributed by atoms with Gasteiger partial charge in [-0.15, -0.1) is 0 Å². The van der Waals surface area contributed by atoms with Crippen LogP contribution in [-0.4, -0.2) is 6.29 Å². The molecule has 1 heteroatoms. The quantitative estimate of drug-likeness (QED) is 0.495. The van der Waals surface area contributed by atoms with Crippen molar-refractivity contribution in [1.82, 2.24) is 0 Å². The van der Waals surface area contributed by atoms with Gasteiger partial charge in [-0.1, -0.05) is 36.9 Å². The highest BCUT2D eigenvalue weighted by Gasteiger charge is 1.96. The maximum Gasteiger partial charge on any atom is 0.120 e. The molecule has 0 bridgehead atoms. The molecule has 1 aromatic rings. The Bertz CT molecular complexity index is 274. The molecule has 0 amide bonds. The zero-order valence-corrected chi connectivity index (χ0v) is 7.70. The lowest BCUT2D eigenvalue weighted by Crippen LogP contribution is -1.83. The molecule has 0 fully saturated rings. The molecule has 0 spiro atoms. The van der Waals surface area contributed by atoms with E-state index < -0.39 is 0 Å². The van der Waals surface area contributed by atoms with E-state index in [0.29, 0.717) is 6.42 Å². The van der Waals surface area contributed by atoms with Crippen LogP contribution in [0.5, 0.6) is 0 Å². The maximum atomic E-state index is 10.1. The minimum absolute atomic E-state index is 0.631. The van der Waals surface area contributed by atoms with Crippen LogP contribution < -0.4 is 0 Å². The second kappa shape index (κ2) is 5.31. The molecule has 0 unspecified atom stereocenters. The lowest BCUT2D eigenvalue weighted by Gasteiger charge is -2.03. The normalized spacial score (nSPS) is 9.54. The average Bonchev–Trinajstić information content (AvgIpc) is 2.19. The summed E-state index contributed by atoms with van der Waals surface area (Å²) in [5.74, 6) is 0. The Kier molecular flexibility index (Phi) is 3.97. The predicted molar refractivity (Wildman–Crippen MR) is 55.4 cm³/mol. The van der Waals surface area contributed by atoms with Gasteiger partial charge in [-0.2, -0.15) is 0 Å². The Morgan fingerprint density at radius 2 is 2.00 bits per heavy atom. The van der Waals surface area contributed by atoms with Crippen LogP contribution in [0.2, 0.25) is 0 Å². The van der Waals surface area contributed by atoms with E-state index in [-0.39, 0.29) is 0 Å². The summed E-state index contributed by atoms with van der Waals surface area (Å²) in [7, 11) is 0. The van der Waals surface area contributed by atoms with Crippen molar-refractivity contribution in [3.63, 3.8) is 0 Å². The van der Waals surface area contributed by atoms with Gasteiger partial charge in [-0.25, -0.2) is 0 Å². The SMILES string of the molecule is C=C(CCCC=O)c1ccccc1. The van der Waals surface area contributed by atoms with Crippen LogP contribution in [0, 0.1) is 0 Å². The molecule has 0 heterocycles. The van der Waals surface area contributed by atoms with E-state index >= 15 is 0 Å². The molecular formula is C12H14O. The Labute approximate surface area is 79.1 Å². The molecular weight excluding hydrogens is 160 g/mol. The lowest BCUT2D eigenvalue weighted by atomic mass is 10.0. The number of hydrogen-bond acceptors (Lipinski definition) is 1. The van der Waals surface area contributed by atoms with Crippen molar-refractivity contribution in [1.29, 1.82) is 0 Å². The first-order valence-corrected chi connectivity index (χ1v) is 4.51. The van der Waals surface area contributed by atoms with E-state index in [0.717, 1.165) is 24.7 Å². The molecule has 0 atom stereocenters. The van der Waals surface area contributed by atoms with Crippen LogP contribution in [0.25, 0.3) is 5.57 Å². The lowest BCUT2D eigenvalue weighted by molar-refractivity contribution is -0.107. The molecule has 13 heavy (non-hydrogen) atoms. The van der Waals surface area contributed by atoms with E-state index in [1.165, 1.54) is 5.56 Å². The number of benzene rings is 1. The van der Waals surface area contributed by atoms with Crippen LogP contribution in [0.3, 0.4) is 0 Å². The first kappa shape index (κ1) is 9.72. The second-order valence-electron chi connectivity index (χ2n) is 3.03. The monoisotopic (exact) mass is 174 g/mol. The predicted octanol–water partition coefficient (Wildman–Crippen LogP) is 3.07. The largest absolute Gasteiger partial charge is 0.303 e. The fraction of sp³-hybridized carbons (Fsp3) is 0.250. The third-order valence-electron chi connectivity index (χ3n) is 1.98. The van der Waals surface area contributed by atoms with Crippen molar-refractivity contribution in [2.45, 2.75) is 19.3 Å². The zero-order chi connectivity index (χ0) is 9.52. The van der Waals surface area contributed by atoms with E-state index in [4.69, 9.17) is 0 Å².